The van der Waals surface area contributed by atoms with Gasteiger partial charge in [-0.2, -0.15) is 13.2 Å². The number of halogens is 3. The maximum atomic E-state index is 12.9. The number of pyridine rings is 1. The minimum absolute atomic E-state index is 0. The van der Waals surface area contributed by atoms with Crippen LogP contribution in [-0.2, 0) is 32.5 Å². The summed E-state index contributed by atoms with van der Waals surface area (Å²) in [4.78, 5) is 20.1. The molecular formula is C20H18F3N5O2Os. The SMILES string of the molecule is [CH2-]CN(C[CH2-])C(=O)N(Cc1ccc(-c2nnc(C(F)(F)F)o2)cc1)c1ccccn1.[Os+2]. The Morgan fingerprint density at radius 1 is 1.03 bits per heavy atom. The molecule has 0 aliphatic rings. The Morgan fingerprint density at radius 2 is 1.71 bits per heavy atom. The van der Waals surface area contributed by atoms with Crippen LogP contribution < -0.4 is 4.90 Å². The summed E-state index contributed by atoms with van der Waals surface area (Å²) in [5.74, 6) is -1.20. The minimum Gasteiger partial charge on any atom is -0.413 e. The Morgan fingerprint density at radius 3 is 2.23 bits per heavy atom. The Balaban J connectivity index is 0.00000341. The van der Waals surface area contributed by atoms with E-state index in [2.05, 4.69) is 33.4 Å². The summed E-state index contributed by atoms with van der Waals surface area (Å²) >= 11 is 0. The van der Waals surface area contributed by atoms with E-state index in [4.69, 9.17) is 0 Å². The van der Waals surface area contributed by atoms with E-state index in [1.807, 2.05) is 0 Å². The molecule has 31 heavy (non-hydrogen) atoms. The normalized spacial score (nSPS) is 11.0. The van der Waals surface area contributed by atoms with Gasteiger partial charge in [-0.3, -0.25) is 4.90 Å². The van der Waals surface area contributed by atoms with E-state index >= 15 is 0 Å². The molecule has 0 fully saturated rings. The molecule has 0 saturated carbocycles. The van der Waals surface area contributed by atoms with Crippen molar-refractivity contribution in [3.05, 3.63) is 74.0 Å². The third-order valence-corrected chi connectivity index (χ3v) is 4.18. The molecule has 3 aromatic rings. The Hall–Kier alpha value is -2.79. The molecule has 2 aromatic heterocycles. The van der Waals surface area contributed by atoms with Crippen molar-refractivity contribution in [3.8, 4) is 11.5 Å². The Labute approximate surface area is 190 Å². The molecule has 11 heteroatoms. The van der Waals surface area contributed by atoms with Gasteiger partial charge in [0.15, 0.2) is 0 Å². The van der Waals surface area contributed by atoms with Crippen molar-refractivity contribution in [1.29, 1.82) is 0 Å². The first-order chi connectivity index (χ1) is 14.3. The van der Waals surface area contributed by atoms with Gasteiger partial charge in [0, 0.05) is 11.8 Å². The molecule has 0 spiro atoms. The molecule has 0 aliphatic carbocycles. The number of benzene rings is 1. The number of hydrogen-bond donors (Lipinski definition) is 0. The van der Waals surface area contributed by atoms with Crippen LogP contribution in [0, 0.1) is 13.8 Å². The predicted molar refractivity (Wildman–Crippen MR) is 103 cm³/mol. The second-order valence-electron chi connectivity index (χ2n) is 6.15. The molecule has 0 N–H and O–H groups in total. The molecule has 0 radical (unpaired) electrons. The van der Waals surface area contributed by atoms with Crippen molar-refractivity contribution in [2.24, 2.45) is 0 Å². The number of hydrogen-bond acceptors (Lipinski definition) is 5. The number of rotatable bonds is 6. The maximum Gasteiger partial charge on any atom is 2.00 e. The summed E-state index contributed by atoms with van der Waals surface area (Å²) in [6.07, 6.45) is -3.13. The van der Waals surface area contributed by atoms with Gasteiger partial charge in [-0.15, -0.1) is 23.3 Å². The molecule has 0 aliphatic heterocycles. The standard InChI is InChI=1S/C20H18F3N5O2.Os/c1-3-27(4-2)19(29)28(16-7-5-6-12-24-16)13-14-8-10-15(11-9-14)17-25-26-18(30-17)20(21,22)23;/h5-12H,1-4,13H2;/q-2;+2. The van der Waals surface area contributed by atoms with Crippen LogP contribution in [0.1, 0.15) is 11.5 Å². The van der Waals surface area contributed by atoms with E-state index < -0.39 is 12.1 Å². The number of aromatic nitrogens is 3. The van der Waals surface area contributed by atoms with Crippen molar-refractivity contribution in [2.45, 2.75) is 12.7 Å². The third kappa shape index (κ3) is 5.88. The van der Waals surface area contributed by atoms with Gasteiger partial charge in [0.2, 0.25) is 5.89 Å². The number of nitrogens with zero attached hydrogens (tertiary/aromatic N) is 5. The molecule has 2 amide bonds. The van der Waals surface area contributed by atoms with Crippen molar-refractivity contribution in [1.82, 2.24) is 20.1 Å². The monoisotopic (exact) mass is 609 g/mol. The molecule has 7 nitrogen and oxygen atoms in total. The summed E-state index contributed by atoms with van der Waals surface area (Å²) in [6.45, 7) is 8.14. The summed E-state index contributed by atoms with van der Waals surface area (Å²) in [5.41, 5.74) is 1.05. The molecule has 164 valence electrons. The van der Waals surface area contributed by atoms with Crippen molar-refractivity contribution < 1.29 is 42.2 Å². The maximum absolute atomic E-state index is 12.9. The van der Waals surface area contributed by atoms with Crippen LogP contribution in [0.15, 0.2) is 53.1 Å². The molecule has 2 heterocycles. The van der Waals surface area contributed by atoms with Crippen molar-refractivity contribution in [2.75, 3.05) is 18.0 Å². The van der Waals surface area contributed by atoms with E-state index in [0.717, 1.165) is 5.56 Å². The van der Waals surface area contributed by atoms with E-state index in [1.54, 1.807) is 48.7 Å². The van der Waals surface area contributed by atoms with Gasteiger partial charge in [-0.1, -0.05) is 18.2 Å². The van der Waals surface area contributed by atoms with Gasteiger partial charge in [-0.05, 0) is 29.8 Å². The smallest absolute Gasteiger partial charge is 0.413 e. The van der Waals surface area contributed by atoms with Gasteiger partial charge >= 0.3 is 37.9 Å². The van der Waals surface area contributed by atoms with E-state index in [-0.39, 0.29) is 51.3 Å². The fraction of sp³-hybridized carbons (Fsp3) is 0.200. The number of amides is 2. The predicted octanol–water partition coefficient (Wildman–Crippen LogP) is 4.24. The van der Waals surface area contributed by atoms with Crippen LogP contribution in [0.2, 0.25) is 0 Å². The van der Waals surface area contributed by atoms with Crippen LogP contribution in [0.5, 0.6) is 0 Å². The summed E-state index contributed by atoms with van der Waals surface area (Å²) in [7, 11) is 0. The molecule has 0 atom stereocenters. The van der Waals surface area contributed by atoms with Crippen LogP contribution in [-0.4, -0.2) is 39.2 Å². The Bertz CT molecular complexity index is 976. The van der Waals surface area contributed by atoms with E-state index in [0.29, 0.717) is 11.4 Å². The van der Waals surface area contributed by atoms with Gasteiger partial charge in [0.05, 0.1) is 6.54 Å². The molecule has 0 unspecified atom stereocenters. The van der Waals surface area contributed by atoms with Crippen LogP contribution in [0.25, 0.3) is 11.5 Å². The van der Waals surface area contributed by atoms with Crippen LogP contribution in [0.4, 0.5) is 23.8 Å². The van der Waals surface area contributed by atoms with Gasteiger partial charge < -0.3 is 23.2 Å². The topological polar surface area (TPSA) is 75.4 Å². The summed E-state index contributed by atoms with van der Waals surface area (Å²) in [5, 5.41) is 6.45. The molecule has 3 rings (SSSR count). The Kier molecular flexibility index (Phi) is 8.28. The van der Waals surface area contributed by atoms with E-state index in [9.17, 15) is 18.0 Å². The van der Waals surface area contributed by atoms with Crippen LogP contribution in [0.3, 0.4) is 0 Å². The van der Waals surface area contributed by atoms with Crippen LogP contribution >= 0.6 is 0 Å². The van der Waals surface area contributed by atoms with Crippen molar-refractivity contribution >= 4 is 11.8 Å². The molecule has 1 aromatic carbocycles. The van der Waals surface area contributed by atoms with Gasteiger partial charge in [0.25, 0.3) is 0 Å². The zero-order valence-corrected chi connectivity index (χ0v) is 18.7. The largest absolute Gasteiger partial charge is 2.00 e. The fourth-order valence-corrected chi connectivity index (χ4v) is 2.62. The van der Waals surface area contributed by atoms with Gasteiger partial charge in [-0.25, -0.2) is 9.78 Å². The number of carbonyl (C=O) groups excluding carboxylic acids is 1. The second-order valence-corrected chi connectivity index (χ2v) is 6.15. The van der Waals surface area contributed by atoms with Crippen molar-refractivity contribution in [3.63, 3.8) is 0 Å². The first-order valence-electron chi connectivity index (χ1n) is 8.89. The zero-order chi connectivity index (χ0) is 21.7. The average Bonchev–Trinajstić information content (AvgIpc) is 3.25. The zero-order valence-electron chi connectivity index (χ0n) is 16.2. The summed E-state index contributed by atoms with van der Waals surface area (Å²) < 4.78 is 42.6. The molecule has 0 bridgehead atoms. The van der Waals surface area contributed by atoms with E-state index in [1.165, 1.54) is 9.80 Å². The molecular weight excluding hydrogens is 589 g/mol. The number of anilines is 1. The fourth-order valence-electron chi connectivity index (χ4n) is 2.62. The number of carbonyl (C=O) groups is 1. The first-order valence-corrected chi connectivity index (χ1v) is 8.89. The third-order valence-electron chi connectivity index (χ3n) is 4.18. The van der Waals surface area contributed by atoms with Gasteiger partial charge in [0.1, 0.15) is 5.82 Å². The first kappa shape index (κ1) is 24.5. The number of urea groups is 1. The molecule has 0 saturated heterocycles. The summed E-state index contributed by atoms with van der Waals surface area (Å²) in [6, 6.07) is 11.3. The average molecular weight is 608 g/mol. The minimum atomic E-state index is -4.71. The second kappa shape index (κ2) is 10.5. The quantitative estimate of drug-likeness (QED) is 0.392. The number of alkyl halides is 3.